The number of nitrogens with two attached hydrogens (primary N) is 1. The van der Waals surface area contributed by atoms with Gasteiger partial charge in [-0.25, -0.2) is 14.6 Å². The number of hydrogen-bond donors (Lipinski definition) is 3. The Morgan fingerprint density at radius 1 is 1.11 bits per heavy atom. The van der Waals surface area contributed by atoms with E-state index in [2.05, 4.69) is 20.5 Å². The van der Waals surface area contributed by atoms with Crippen molar-refractivity contribution in [3.05, 3.63) is 29.3 Å². The first-order valence-corrected chi connectivity index (χ1v) is 13.0. The average molecular weight is 516 g/mol. The number of benzene rings is 1. The predicted octanol–water partition coefficient (Wildman–Crippen LogP) is 3.19. The molecule has 2 aliphatic heterocycles. The Kier molecular flexibility index (Phi) is 8.35. The van der Waals surface area contributed by atoms with Gasteiger partial charge >= 0.3 is 12.1 Å². The molecule has 11 heteroatoms. The Labute approximate surface area is 216 Å². The van der Waals surface area contributed by atoms with Gasteiger partial charge in [-0.15, -0.1) is 0 Å². The number of hydrogen-bond acceptors (Lipinski definition) is 6. The smallest absolute Gasteiger partial charge is 0.324 e. The molecule has 1 atom stereocenters. The maximum Gasteiger partial charge on any atom is 0.324 e. The standard InChI is InChI=1S/C25H34ClN7O3/c1-2-3-9-28-24(35)33-10-5-4-6-19(23(33)34)30-25(36)32-13-11-31(12-14-32)21-16-22(27)29-20-15-17(26)7-8-18(20)21/h7-8,15-16,19H,2-6,9-14H2,1H3,(H2,27,29)(H,28,35)(H,30,36). The summed E-state index contributed by atoms with van der Waals surface area (Å²) in [7, 11) is 0. The van der Waals surface area contributed by atoms with Crippen molar-refractivity contribution in [2.24, 2.45) is 0 Å². The van der Waals surface area contributed by atoms with Crippen molar-refractivity contribution in [3.63, 3.8) is 0 Å². The number of likely N-dealkylation sites (tertiary alicyclic amines) is 1. The van der Waals surface area contributed by atoms with Crippen molar-refractivity contribution in [1.29, 1.82) is 0 Å². The van der Waals surface area contributed by atoms with E-state index in [0.717, 1.165) is 42.3 Å². The summed E-state index contributed by atoms with van der Waals surface area (Å²) in [5.41, 5.74) is 7.72. The lowest BCUT2D eigenvalue weighted by atomic mass is 10.1. The number of aromatic nitrogens is 1. The van der Waals surface area contributed by atoms with Crippen LogP contribution in [-0.4, -0.2) is 78.1 Å². The molecule has 4 rings (SSSR count). The number of fused-ring (bicyclic) bond motifs is 1. The molecule has 2 aromatic rings. The number of carbonyl (C=O) groups is 3. The first-order chi connectivity index (χ1) is 17.4. The molecule has 3 heterocycles. The molecule has 2 fully saturated rings. The number of imide groups is 1. The molecule has 1 aromatic carbocycles. The first-order valence-electron chi connectivity index (χ1n) is 12.6. The molecule has 1 aromatic heterocycles. The number of urea groups is 2. The van der Waals surface area contributed by atoms with Gasteiger partial charge in [0, 0.05) is 61.4 Å². The summed E-state index contributed by atoms with van der Waals surface area (Å²) in [5, 5.41) is 7.24. The fraction of sp³-hybridized carbons (Fsp3) is 0.520. The van der Waals surface area contributed by atoms with Crippen LogP contribution < -0.4 is 21.3 Å². The van der Waals surface area contributed by atoms with Gasteiger partial charge in [-0.2, -0.15) is 0 Å². The Bertz CT molecular complexity index is 1120. The number of carbonyl (C=O) groups excluding carboxylic acids is 3. The van der Waals surface area contributed by atoms with Gasteiger partial charge in [-0.3, -0.25) is 9.69 Å². The van der Waals surface area contributed by atoms with E-state index in [0.29, 0.717) is 56.5 Å². The summed E-state index contributed by atoms with van der Waals surface area (Å²) in [6, 6.07) is 6.02. The number of piperazine rings is 1. The minimum atomic E-state index is -0.705. The van der Waals surface area contributed by atoms with Crippen LogP contribution in [0.15, 0.2) is 24.3 Å². The molecule has 0 bridgehead atoms. The number of nitrogens with zero attached hydrogens (tertiary/aromatic N) is 4. The molecular weight excluding hydrogens is 482 g/mol. The van der Waals surface area contributed by atoms with Gasteiger partial charge in [0.25, 0.3) is 5.91 Å². The zero-order valence-corrected chi connectivity index (χ0v) is 21.4. The normalized spacial score (nSPS) is 18.8. The molecule has 2 saturated heterocycles. The maximum atomic E-state index is 13.1. The molecule has 10 nitrogen and oxygen atoms in total. The second-order valence-corrected chi connectivity index (χ2v) is 9.71. The largest absolute Gasteiger partial charge is 0.384 e. The van der Waals surface area contributed by atoms with E-state index in [-0.39, 0.29) is 18.0 Å². The lowest BCUT2D eigenvalue weighted by Gasteiger charge is -2.37. The number of nitrogens with one attached hydrogen (secondary N) is 2. The average Bonchev–Trinajstić information content (AvgIpc) is 3.04. The van der Waals surface area contributed by atoms with Crippen LogP contribution in [0, 0.1) is 0 Å². The Balaban J connectivity index is 1.37. The van der Waals surface area contributed by atoms with Gasteiger partial charge in [0.15, 0.2) is 0 Å². The minimum absolute atomic E-state index is 0.285. The van der Waals surface area contributed by atoms with Gasteiger partial charge in [0.2, 0.25) is 0 Å². The van der Waals surface area contributed by atoms with E-state index in [1.165, 1.54) is 4.90 Å². The Morgan fingerprint density at radius 3 is 2.64 bits per heavy atom. The second kappa shape index (κ2) is 11.6. The molecule has 2 aliphatic rings. The van der Waals surface area contributed by atoms with Crippen LogP contribution in [0.2, 0.25) is 5.02 Å². The summed E-state index contributed by atoms with van der Waals surface area (Å²) >= 11 is 6.12. The van der Waals surface area contributed by atoms with Crippen molar-refractivity contribution < 1.29 is 14.4 Å². The quantitative estimate of drug-likeness (QED) is 0.525. The molecule has 0 spiro atoms. The zero-order valence-electron chi connectivity index (χ0n) is 20.6. The molecular formula is C25H34ClN7O3. The molecule has 0 aliphatic carbocycles. The number of halogens is 1. The van der Waals surface area contributed by atoms with Gasteiger partial charge in [-0.1, -0.05) is 24.9 Å². The number of pyridine rings is 1. The highest BCUT2D eigenvalue weighted by atomic mass is 35.5. The van der Waals surface area contributed by atoms with E-state index in [4.69, 9.17) is 17.3 Å². The topological polar surface area (TPSA) is 124 Å². The van der Waals surface area contributed by atoms with Crippen molar-refractivity contribution in [2.75, 3.05) is 49.9 Å². The molecule has 4 N–H and O–H groups in total. The van der Waals surface area contributed by atoms with Crippen LogP contribution >= 0.6 is 11.6 Å². The van der Waals surface area contributed by atoms with Gasteiger partial charge < -0.3 is 26.2 Å². The number of amides is 5. The maximum absolute atomic E-state index is 13.1. The molecule has 5 amide bonds. The highest BCUT2D eigenvalue weighted by Crippen LogP contribution is 2.30. The van der Waals surface area contributed by atoms with E-state index < -0.39 is 6.04 Å². The fourth-order valence-corrected chi connectivity index (χ4v) is 4.87. The Hall–Kier alpha value is -3.27. The highest BCUT2D eigenvalue weighted by Gasteiger charge is 2.33. The third kappa shape index (κ3) is 5.92. The van der Waals surface area contributed by atoms with Crippen molar-refractivity contribution in [1.82, 2.24) is 25.4 Å². The van der Waals surface area contributed by atoms with Crippen molar-refractivity contribution in [3.8, 4) is 0 Å². The molecule has 36 heavy (non-hydrogen) atoms. The first kappa shape index (κ1) is 25.8. The lowest BCUT2D eigenvalue weighted by Crippen LogP contribution is -2.57. The fourth-order valence-electron chi connectivity index (χ4n) is 4.70. The Morgan fingerprint density at radius 2 is 1.89 bits per heavy atom. The minimum Gasteiger partial charge on any atom is -0.384 e. The van der Waals surface area contributed by atoms with Crippen LogP contribution in [-0.2, 0) is 4.79 Å². The van der Waals surface area contributed by atoms with Crippen LogP contribution in [0.1, 0.15) is 39.0 Å². The lowest BCUT2D eigenvalue weighted by molar-refractivity contribution is -0.129. The van der Waals surface area contributed by atoms with Gasteiger partial charge in [0.1, 0.15) is 11.9 Å². The number of rotatable bonds is 5. The van der Waals surface area contributed by atoms with E-state index in [9.17, 15) is 14.4 Å². The zero-order chi connectivity index (χ0) is 25.7. The van der Waals surface area contributed by atoms with E-state index >= 15 is 0 Å². The predicted molar refractivity (Wildman–Crippen MR) is 141 cm³/mol. The summed E-state index contributed by atoms with van der Waals surface area (Å²) in [4.78, 5) is 48.1. The number of nitrogen functional groups attached to an aromatic ring is 1. The third-order valence-corrected chi connectivity index (χ3v) is 6.95. The highest BCUT2D eigenvalue weighted by molar-refractivity contribution is 6.31. The second-order valence-electron chi connectivity index (χ2n) is 9.28. The summed E-state index contributed by atoms with van der Waals surface area (Å²) in [6.07, 6.45) is 3.83. The van der Waals surface area contributed by atoms with Crippen molar-refractivity contribution in [2.45, 2.75) is 45.1 Å². The SMILES string of the molecule is CCCCNC(=O)N1CCCCC(NC(=O)N2CCN(c3cc(N)nc4cc(Cl)ccc34)CC2)C1=O. The molecule has 0 saturated carbocycles. The molecule has 1 unspecified atom stereocenters. The third-order valence-electron chi connectivity index (χ3n) is 6.72. The molecule has 194 valence electrons. The van der Waals surface area contributed by atoms with E-state index in [1.54, 1.807) is 11.0 Å². The van der Waals surface area contributed by atoms with Crippen LogP contribution in [0.25, 0.3) is 10.9 Å². The van der Waals surface area contributed by atoms with Gasteiger partial charge in [0.05, 0.1) is 5.52 Å². The van der Waals surface area contributed by atoms with E-state index in [1.807, 2.05) is 25.1 Å². The summed E-state index contributed by atoms with van der Waals surface area (Å²) in [5.74, 6) is 0.0703. The van der Waals surface area contributed by atoms with Gasteiger partial charge in [-0.05, 0) is 43.9 Å². The van der Waals surface area contributed by atoms with Crippen LogP contribution in [0.3, 0.4) is 0 Å². The van der Waals surface area contributed by atoms with Crippen LogP contribution in [0.4, 0.5) is 21.1 Å². The molecule has 0 radical (unpaired) electrons. The number of anilines is 2. The van der Waals surface area contributed by atoms with Crippen LogP contribution in [0.5, 0.6) is 0 Å². The monoisotopic (exact) mass is 515 g/mol. The number of unbranched alkanes of at least 4 members (excludes halogenated alkanes) is 1. The summed E-state index contributed by atoms with van der Waals surface area (Å²) < 4.78 is 0. The van der Waals surface area contributed by atoms with Crippen molar-refractivity contribution >= 4 is 52.0 Å². The summed E-state index contributed by atoms with van der Waals surface area (Å²) in [6.45, 7) is 5.15.